The van der Waals surface area contributed by atoms with Crippen LogP contribution in [0.1, 0.15) is 60.1 Å². The SMILES string of the molecule is Cc1ccc(-n2c(C)cc([C@@H]3[C@H](c4ccccn4)NC(=S)N3c3ccc(N4CCC(C)CC4)c(Cl)c3)c2C)nc1. The number of rotatable bonds is 5. The van der Waals surface area contributed by atoms with Gasteiger partial charge in [-0.25, -0.2) is 4.98 Å². The van der Waals surface area contributed by atoms with Crippen LogP contribution in [0.3, 0.4) is 0 Å². The first-order valence-electron chi connectivity index (χ1n) is 14.0. The lowest BCUT2D eigenvalue weighted by Gasteiger charge is -2.33. The summed E-state index contributed by atoms with van der Waals surface area (Å²) in [5, 5.41) is 5.00. The van der Waals surface area contributed by atoms with Crippen LogP contribution >= 0.6 is 23.8 Å². The van der Waals surface area contributed by atoms with Crippen molar-refractivity contribution in [3.05, 3.63) is 100 Å². The number of anilines is 2. The molecule has 2 saturated heterocycles. The molecule has 4 aromatic rings. The molecule has 0 unspecified atom stereocenters. The van der Waals surface area contributed by atoms with Gasteiger partial charge in [-0.2, -0.15) is 0 Å². The lowest BCUT2D eigenvalue weighted by atomic mass is 9.96. The van der Waals surface area contributed by atoms with Gasteiger partial charge in [0.05, 0.1) is 28.5 Å². The lowest BCUT2D eigenvalue weighted by Crippen LogP contribution is -2.33. The van der Waals surface area contributed by atoms with Gasteiger partial charge in [0.2, 0.25) is 0 Å². The van der Waals surface area contributed by atoms with E-state index in [1.165, 1.54) is 18.4 Å². The van der Waals surface area contributed by atoms with Crippen molar-refractivity contribution in [3.63, 3.8) is 0 Å². The monoisotopic (exact) mass is 570 g/mol. The normalized spacial score (nSPS) is 19.8. The van der Waals surface area contributed by atoms with Crippen LogP contribution in [0.15, 0.2) is 67.0 Å². The standard InChI is InChI=1S/C32H35ClN6S/c1-20-12-15-37(16-13-20)28-10-9-24(18-26(28)33)39-31(30(36-32(39)40)27-7-5-6-14-34-27)25-17-22(3)38(23(25)4)29-11-8-21(2)19-35-29/h5-11,14,17-20,30-31H,12-13,15-16H2,1-4H3,(H,36,40)/t30-,31+/m0/s1. The Balaban J connectivity index is 1.43. The molecular formula is C32H35ClN6S. The minimum atomic E-state index is -0.129. The number of aromatic nitrogens is 3. The molecule has 0 saturated carbocycles. The summed E-state index contributed by atoms with van der Waals surface area (Å²) in [7, 11) is 0. The molecule has 6 rings (SSSR count). The molecule has 3 aromatic heterocycles. The fraction of sp³-hybridized carbons (Fsp3) is 0.344. The van der Waals surface area contributed by atoms with Gasteiger partial charge in [0.25, 0.3) is 0 Å². The molecular weight excluding hydrogens is 536 g/mol. The number of hydrogen-bond donors (Lipinski definition) is 1. The maximum absolute atomic E-state index is 6.97. The summed E-state index contributed by atoms with van der Waals surface area (Å²) in [6, 6.07) is 18.6. The van der Waals surface area contributed by atoms with E-state index in [-0.39, 0.29) is 12.1 Å². The summed E-state index contributed by atoms with van der Waals surface area (Å²) < 4.78 is 2.22. The Morgan fingerprint density at radius 2 is 1.77 bits per heavy atom. The minimum absolute atomic E-state index is 0.120. The Morgan fingerprint density at radius 1 is 0.975 bits per heavy atom. The second kappa shape index (κ2) is 10.9. The van der Waals surface area contributed by atoms with E-state index in [0.717, 1.165) is 63.9 Å². The summed E-state index contributed by atoms with van der Waals surface area (Å²) in [6.45, 7) is 10.7. The molecule has 0 bridgehead atoms. The number of nitrogens with zero attached hydrogens (tertiary/aromatic N) is 5. The third-order valence-corrected chi connectivity index (χ3v) is 8.96. The Kier molecular flexibility index (Phi) is 7.27. The summed E-state index contributed by atoms with van der Waals surface area (Å²) in [6.07, 6.45) is 6.13. The third-order valence-electron chi connectivity index (χ3n) is 8.35. The van der Waals surface area contributed by atoms with Crippen LogP contribution in [0.25, 0.3) is 5.82 Å². The predicted molar refractivity (Wildman–Crippen MR) is 168 cm³/mol. The van der Waals surface area contributed by atoms with E-state index in [2.05, 4.69) is 89.8 Å². The van der Waals surface area contributed by atoms with Gasteiger partial charge in [-0.3, -0.25) is 4.98 Å². The van der Waals surface area contributed by atoms with Gasteiger partial charge in [-0.1, -0.05) is 30.7 Å². The first-order valence-corrected chi connectivity index (χ1v) is 14.8. The van der Waals surface area contributed by atoms with Gasteiger partial charge in [-0.15, -0.1) is 0 Å². The highest BCUT2D eigenvalue weighted by molar-refractivity contribution is 7.80. The van der Waals surface area contributed by atoms with Gasteiger partial charge in [0.1, 0.15) is 5.82 Å². The fourth-order valence-electron chi connectivity index (χ4n) is 6.13. The molecule has 1 N–H and O–H groups in total. The Morgan fingerprint density at radius 3 is 2.45 bits per heavy atom. The molecule has 6 nitrogen and oxygen atoms in total. The highest BCUT2D eigenvalue weighted by atomic mass is 35.5. The molecule has 0 spiro atoms. The van der Waals surface area contributed by atoms with E-state index in [9.17, 15) is 0 Å². The average molecular weight is 571 g/mol. The molecule has 1 aromatic carbocycles. The zero-order valence-electron chi connectivity index (χ0n) is 23.4. The van der Waals surface area contributed by atoms with Crippen LogP contribution < -0.4 is 15.1 Å². The Labute approximate surface area is 247 Å². The second-order valence-corrected chi connectivity index (χ2v) is 12.0. The van der Waals surface area contributed by atoms with Crippen LogP contribution in [0.4, 0.5) is 11.4 Å². The minimum Gasteiger partial charge on any atom is -0.370 e. The van der Waals surface area contributed by atoms with Gasteiger partial charge in [0, 0.05) is 42.6 Å². The largest absolute Gasteiger partial charge is 0.370 e. The van der Waals surface area contributed by atoms with Gasteiger partial charge in [-0.05, 0) is 105 Å². The third kappa shape index (κ3) is 4.86. The van der Waals surface area contributed by atoms with Gasteiger partial charge < -0.3 is 19.7 Å². The number of thiocarbonyl (C=S) groups is 1. The van der Waals surface area contributed by atoms with E-state index < -0.39 is 0 Å². The molecule has 2 aliphatic heterocycles. The van der Waals surface area contributed by atoms with E-state index in [1.807, 2.05) is 24.5 Å². The number of pyridine rings is 2. The maximum Gasteiger partial charge on any atom is 0.174 e. The number of benzene rings is 1. The number of aryl methyl sites for hydroxylation is 2. The first kappa shape index (κ1) is 26.8. The number of halogens is 1. The molecule has 2 fully saturated rings. The quantitative estimate of drug-likeness (QED) is 0.255. The molecule has 0 amide bonds. The van der Waals surface area contributed by atoms with Crippen molar-refractivity contribution < 1.29 is 0 Å². The van der Waals surface area contributed by atoms with Crippen molar-refractivity contribution in [1.29, 1.82) is 0 Å². The molecule has 2 atom stereocenters. The average Bonchev–Trinajstić information content (AvgIpc) is 3.45. The number of piperidine rings is 1. The zero-order valence-corrected chi connectivity index (χ0v) is 25.0. The number of nitrogens with one attached hydrogen (secondary N) is 1. The van der Waals surface area contributed by atoms with Gasteiger partial charge in [0.15, 0.2) is 5.11 Å². The number of hydrogen-bond acceptors (Lipinski definition) is 4. The summed E-state index contributed by atoms with van der Waals surface area (Å²) in [5.41, 5.74) is 7.57. The first-order chi connectivity index (χ1) is 19.3. The second-order valence-electron chi connectivity index (χ2n) is 11.2. The van der Waals surface area contributed by atoms with Crippen LogP contribution in [-0.4, -0.2) is 32.7 Å². The molecule has 2 aliphatic rings. The summed E-state index contributed by atoms with van der Waals surface area (Å²) in [5.74, 6) is 1.67. The molecule has 8 heteroatoms. The lowest BCUT2D eigenvalue weighted by molar-refractivity contribution is 0.438. The van der Waals surface area contributed by atoms with Crippen LogP contribution in [-0.2, 0) is 0 Å². The van der Waals surface area contributed by atoms with Crippen molar-refractivity contribution in [2.45, 2.75) is 52.6 Å². The van der Waals surface area contributed by atoms with E-state index in [0.29, 0.717) is 5.11 Å². The van der Waals surface area contributed by atoms with E-state index >= 15 is 0 Å². The zero-order chi connectivity index (χ0) is 28.0. The topological polar surface area (TPSA) is 49.2 Å². The van der Waals surface area contributed by atoms with Crippen LogP contribution in [0, 0.1) is 26.7 Å². The highest BCUT2D eigenvalue weighted by Crippen LogP contribution is 2.45. The van der Waals surface area contributed by atoms with E-state index in [4.69, 9.17) is 33.8 Å². The molecule has 0 radical (unpaired) electrons. The molecule has 0 aliphatic carbocycles. The molecule has 40 heavy (non-hydrogen) atoms. The van der Waals surface area contributed by atoms with Crippen LogP contribution in [0.5, 0.6) is 0 Å². The maximum atomic E-state index is 6.97. The highest BCUT2D eigenvalue weighted by Gasteiger charge is 2.42. The van der Waals surface area contributed by atoms with E-state index in [1.54, 1.807) is 0 Å². The predicted octanol–water partition coefficient (Wildman–Crippen LogP) is 7.26. The molecule has 206 valence electrons. The van der Waals surface area contributed by atoms with Crippen LogP contribution in [0.2, 0.25) is 5.02 Å². The summed E-state index contributed by atoms with van der Waals surface area (Å²) >= 11 is 13.0. The summed E-state index contributed by atoms with van der Waals surface area (Å²) in [4.78, 5) is 14.1. The van der Waals surface area contributed by atoms with Crippen molar-refractivity contribution in [1.82, 2.24) is 19.9 Å². The van der Waals surface area contributed by atoms with Gasteiger partial charge >= 0.3 is 0 Å². The van der Waals surface area contributed by atoms with Crippen molar-refractivity contribution in [3.8, 4) is 5.82 Å². The van der Waals surface area contributed by atoms with Crippen molar-refractivity contribution >= 4 is 40.3 Å². The Bertz CT molecular complexity index is 1530. The van der Waals surface area contributed by atoms with Crippen molar-refractivity contribution in [2.24, 2.45) is 5.92 Å². The van der Waals surface area contributed by atoms with Crippen molar-refractivity contribution in [2.75, 3.05) is 22.9 Å². The Hall–Kier alpha value is -3.42. The fourth-order valence-corrected chi connectivity index (χ4v) is 6.77. The molecule has 5 heterocycles. The smallest absolute Gasteiger partial charge is 0.174 e.